The van der Waals surface area contributed by atoms with Crippen LogP contribution in [0, 0.1) is 0 Å². The SMILES string of the molecule is CC(=O)Nc1ccc(S(=O)(=O)NC2CC=C(F)C(C(=O)c3c[nH]c4ncc(Cl)cc34)=C2F)cc1. The highest BCUT2D eigenvalue weighted by atomic mass is 35.5. The number of Topliss-reactive ketones (excluding diaryl/α,β-unsaturated/α-hetero) is 1. The maximum absolute atomic E-state index is 15.3. The molecule has 0 aliphatic heterocycles. The Bertz CT molecular complexity index is 1480. The molecule has 3 N–H and O–H groups in total. The zero-order valence-corrected chi connectivity index (χ0v) is 19.1. The first-order valence-electron chi connectivity index (χ1n) is 9.90. The van der Waals surface area contributed by atoms with Crippen molar-refractivity contribution in [3.8, 4) is 0 Å². The zero-order valence-electron chi connectivity index (χ0n) is 17.5. The van der Waals surface area contributed by atoms with E-state index >= 15 is 4.39 Å². The molecule has 0 bridgehead atoms. The topological polar surface area (TPSA) is 121 Å². The Balaban J connectivity index is 1.64. The number of carbonyl (C=O) groups is 2. The maximum Gasteiger partial charge on any atom is 0.241 e. The number of benzene rings is 1. The van der Waals surface area contributed by atoms with Gasteiger partial charge < -0.3 is 10.3 Å². The van der Waals surface area contributed by atoms with Crippen LogP contribution in [0.2, 0.25) is 5.02 Å². The van der Waals surface area contributed by atoms with Crippen LogP contribution in [0.5, 0.6) is 0 Å². The molecular formula is C22H17ClF2N4O4S. The van der Waals surface area contributed by atoms with Crippen molar-refractivity contribution in [3.05, 3.63) is 76.6 Å². The van der Waals surface area contributed by atoms with Gasteiger partial charge in [-0.2, -0.15) is 0 Å². The number of rotatable bonds is 6. The van der Waals surface area contributed by atoms with Crippen molar-refractivity contribution in [2.24, 2.45) is 0 Å². The van der Waals surface area contributed by atoms with Crippen molar-refractivity contribution in [1.82, 2.24) is 14.7 Å². The van der Waals surface area contributed by atoms with E-state index in [9.17, 15) is 22.4 Å². The van der Waals surface area contributed by atoms with Crippen LogP contribution in [0.15, 0.2) is 70.9 Å². The van der Waals surface area contributed by atoms with Gasteiger partial charge in [0.25, 0.3) is 0 Å². The molecule has 2 aromatic heterocycles. The third-order valence-electron chi connectivity index (χ3n) is 5.07. The number of nitrogens with zero attached hydrogens (tertiary/aromatic N) is 1. The van der Waals surface area contributed by atoms with Crippen molar-refractivity contribution in [2.45, 2.75) is 24.3 Å². The van der Waals surface area contributed by atoms with Gasteiger partial charge in [-0.3, -0.25) is 9.59 Å². The summed E-state index contributed by atoms with van der Waals surface area (Å²) < 4.78 is 57.6. The normalized spacial score (nSPS) is 16.5. The number of allylic oxidation sites excluding steroid dienone is 2. The number of H-pyrrole nitrogens is 1. The fourth-order valence-electron chi connectivity index (χ4n) is 3.51. The standard InChI is InChI=1S/C22H17ClF2N4O4S/c1-11(30)28-13-2-4-14(5-3-13)34(32,33)29-18-7-6-17(24)19(20(18)25)21(31)16-10-27-22-15(16)8-12(23)9-26-22/h2-6,8-10,18,29H,7H2,1H3,(H,26,27)(H,28,30). The molecule has 0 fully saturated rings. The third-order valence-corrected chi connectivity index (χ3v) is 6.76. The third kappa shape index (κ3) is 4.63. The second kappa shape index (κ2) is 9.09. The molecule has 1 aliphatic carbocycles. The number of aromatic amines is 1. The number of carbonyl (C=O) groups excluding carboxylic acids is 2. The van der Waals surface area contributed by atoms with Crippen LogP contribution in [0.4, 0.5) is 14.5 Å². The van der Waals surface area contributed by atoms with E-state index in [0.717, 1.165) is 6.08 Å². The number of hydrogen-bond acceptors (Lipinski definition) is 5. The highest BCUT2D eigenvalue weighted by molar-refractivity contribution is 7.89. The molecule has 1 aliphatic rings. The van der Waals surface area contributed by atoms with Gasteiger partial charge in [-0.1, -0.05) is 11.6 Å². The minimum Gasteiger partial charge on any atom is -0.345 e. The number of aromatic nitrogens is 2. The number of hydrogen-bond donors (Lipinski definition) is 3. The molecule has 176 valence electrons. The lowest BCUT2D eigenvalue weighted by atomic mass is 9.94. The van der Waals surface area contributed by atoms with Crippen LogP contribution in [0.1, 0.15) is 23.7 Å². The van der Waals surface area contributed by atoms with E-state index in [1.54, 1.807) is 0 Å². The molecule has 1 aromatic carbocycles. The Morgan fingerprint density at radius 2 is 1.91 bits per heavy atom. The summed E-state index contributed by atoms with van der Waals surface area (Å²) in [5.41, 5.74) is -0.257. The van der Waals surface area contributed by atoms with Crippen molar-refractivity contribution in [3.63, 3.8) is 0 Å². The van der Waals surface area contributed by atoms with Crippen LogP contribution < -0.4 is 10.0 Å². The minimum atomic E-state index is -4.23. The summed E-state index contributed by atoms with van der Waals surface area (Å²) in [6, 6.07) is 5.13. The molecule has 34 heavy (non-hydrogen) atoms. The van der Waals surface area contributed by atoms with Gasteiger partial charge in [0.05, 0.1) is 21.5 Å². The minimum absolute atomic E-state index is 0.0595. The Kier molecular flexibility index (Phi) is 6.34. The second-order valence-corrected chi connectivity index (χ2v) is 9.62. The highest BCUT2D eigenvalue weighted by Gasteiger charge is 2.34. The number of pyridine rings is 1. The molecule has 0 saturated carbocycles. The summed E-state index contributed by atoms with van der Waals surface area (Å²) >= 11 is 5.93. The predicted octanol–water partition coefficient (Wildman–Crippen LogP) is 4.19. The molecular weight excluding hydrogens is 490 g/mol. The Morgan fingerprint density at radius 1 is 1.21 bits per heavy atom. The first-order chi connectivity index (χ1) is 16.1. The number of nitrogens with one attached hydrogen (secondary N) is 3. The molecule has 0 spiro atoms. The summed E-state index contributed by atoms with van der Waals surface area (Å²) in [5, 5.41) is 3.00. The second-order valence-electron chi connectivity index (χ2n) is 7.47. The van der Waals surface area contributed by atoms with Gasteiger partial charge in [0, 0.05) is 36.0 Å². The first kappa shape index (κ1) is 23.7. The first-order valence-corrected chi connectivity index (χ1v) is 11.8. The quantitative estimate of drug-likeness (QED) is 0.433. The number of anilines is 1. The summed E-state index contributed by atoms with van der Waals surface area (Å²) in [7, 11) is -4.23. The highest BCUT2D eigenvalue weighted by Crippen LogP contribution is 2.33. The number of fused-ring (bicyclic) bond motifs is 1. The van der Waals surface area contributed by atoms with Crippen molar-refractivity contribution in [1.29, 1.82) is 0 Å². The number of halogens is 3. The van der Waals surface area contributed by atoms with Crippen LogP contribution in [-0.4, -0.2) is 36.1 Å². The molecule has 1 atom stereocenters. The summed E-state index contributed by atoms with van der Waals surface area (Å²) in [4.78, 5) is 30.7. The van der Waals surface area contributed by atoms with E-state index in [0.29, 0.717) is 11.3 Å². The van der Waals surface area contributed by atoms with Gasteiger partial charge in [0.15, 0.2) is 0 Å². The van der Waals surface area contributed by atoms with Gasteiger partial charge in [0.1, 0.15) is 17.3 Å². The van der Waals surface area contributed by atoms with Crippen molar-refractivity contribution < 1.29 is 26.8 Å². The lowest BCUT2D eigenvalue weighted by Gasteiger charge is -2.21. The van der Waals surface area contributed by atoms with Crippen LogP contribution in [-0.2, 0) is 14.8 Å². The van der Waals surface area contributed by atoms with Gasteiger partial charge in [-0.05, 0) is 42.8 Å². The van der Waals surface area contributed by atoms with Crippen molar-refractivity contribution >= 4 is 50.0 Å². The van der Waals surface area contributed by atoms with E-state index < -0.39 is 39.1 Å². The van der Waals surface area contributed by atoms with Crippen LogP contribution in [0.3, 0.4) is 0 Å². The molecule has 3 aromatic rings. The predicted molar refractivity (Wildman–Crippen MR) is 122 cm³/mol. The van der Waals surface area contributed by atoms with E-state index in [2.05, 4.69) is 20.0 Å². The van der Waals surface area contributed by atoms with E-state index in [1.807, 2.05) is 0 Å². The molecule has 4 rings (SSSR count). The average Bonchev–Trinajstić information content (AvgIpc) is 3.18. The molecule has 8 nitrogen and oxygen atoms in total. The van der Waals surface area contributed by atoms with E-state index in [4.69, 9.17) is 11.6 Å². The molecule has 0 radical (unpaired) electrons. The maximum atomic E-state index is 15.3. The summed E-state index contributed by atoms with van der Waals surface area (Å²) in [6.07, 6.45) is 3.22. The van der Waals surface area contributed by atoms with E-state index in [-0.39, 0.29) is 33.2 Å². The average molecular weight is 507 g/mol. The molecule has 1 unspecified atom stereocenters. The number of ketones is 1. The lowest BCUT2D eigenvalue weighted by molar-refractivity contribution is -0.114. The van der Waals surface area contributed by atoms with E-state index in [1.165, 1.54) is 49.6 Å². The van der Waals surface area contributed by atoms with Gasteiger partial charge in [-0.25, -0.2) is 26.9 Å². The smallest absolute Gasteiger partial charge is 0.241 e. The fraction of sp³-hybridized carbons (Fsp3) is 0.136. The Labute approximate surface area is 197 Å². The monoisotopic (exact) mass is 506 g/mol. The molecule has 1 amide bonds. The Hall–Kier alpha value is -3.41. The van der Waals surface area contributed by atoms with Gasteiger partial charge >= 0.3 is 0 Å². The molecule has 12 heteroatoms. The lowest BCUT2D eigenvalue weighted by Crippen LogP contribution is -2.37. The van der Waals surface area contributed by atoms with Crippen molar-refractivity contribution in [2.75, 3.05) is 5.32 Å². The van der Waals surface area contributed by atoms with Gasteiger partial charge in [-0.15, -0.1) is 0 Å². The molecule has 2 heterocycles. The largest absolute Gasteiger partial charge is 0.345 e. The summed E-state index contributed by atoms with van der Waals surface area (Å²) in [6.45, 7) is 1.30. The fourth-order valence-corrected chi connectivity index (χ4v) is 4.87. The number of sulfonamides is 1. The van der Waals surface area contributed by atoms with Crippen LogP contribution in [0.25, 0.3) is 11.0 Å². The summed E-state index contributed by atoms with van der Waals surface area (Å²) in [5.74, 6) is -3.65. The van der Waals surface area contributed by atoms with Gasteiger partial charge in [0.2, 0.25) is 21.7 Å². The van der Waals surface area contributed by atoms with Crippen LogP contribution >= 0.6 is 11.6 Å². The molecule has 0 saturated heterocycles. The Morgan fingerprint density at radius 3 is 2.59 bits per heavy atom. The zero-order chi connectivity index (χ0) is 24.6. The number of amides is 1.